The molecule has 0 aliphatic rings. The zero-order chi connectivity index (χ0) is 12.7. The van der Waals surface area contributed by atoms with E-state index >= 15 is 0 Å². The molecule has 1 N–H and O–H groups in total. The maximum Gasteiger partial charge on any atom is 0.0615 e. The molecule has 0 aromatic heterocycles. The van der Waals surface area contributed by atoms with Crippen molar-refractivity contribution in [3.05, 3.63) is 29.3 Å². The second kappa shape index (κ2) is 7.54. The van der Waals surface area contributed by atoms with Crippen molar-refractivity contribution in [2.75, 3.05) is 39.2 Å². The second-order valence-corrected chi connectivity index (χ2v) is 4.66. The molecule has 1 rings (SSSR count). The van der Waals surface area contributed by atoms with Gasteiger partial charge in [-0.25, -0.2) is 0 Å². The van der Waals surface area contributed by atoms with Gasteiger partial charge >= 0.3 is 0 Å². The zero-order valence-corrected chi connectivity index (χ0v) is 11.5. The topological polar surface area (TPSA) is 24.5 Å². The normalized spacial score (nSPS) is 12.8. The van der Waals surface area contributed by atoms with Gasteiger partial charge in [0, 0.05) is 37.0 Å². The lowest BCUT2D eigenvalue weighted by atomic mass is 10.3. The Kier molecular flexibility index (Phi) is 6.34. The third-order valence-electron chi connectivity index (χ3n) is 2.78. The fraction of sp³-hybridized carbons (Fsp3) is 0.538. The van der Waals surface area contributed by atoms with Gasteiger partial charge in [-0.1, -0.05) is 17.7 Å². The highest BCUT2D eigenvalue weighted by Crippen LogP contribution is 2.14. The zero-order valence-electron chi connectivity index (χ0n) is 10.7. The lowest BCUT2D eigenvalue weighted by Gasteiger charge is -2.24. The Morgan fingerprint density at radius 3 is 2.88 bits per heavy atom. The molecule has 17 heavy (non-hydrogen) atoms. The largest absolute Gasteiger partial charge is 0.384 e. The van der Waals surface area contributed by atoms with Crippen LogP contribution in [0.2, 0.25) is 5.02 Å². The summed E-state index contributed by atoms with van der Waals surface area (Å²) in [4.78, 5) is 2.26. The molecule has 0 aliphatic carbocycles. The highest BCUT2D eigenvalue weighted by atomic mass is 35.5. The summed E-state index contributed by atoms with van der Waals surface area (Å²) in [6.07, 6.45) is 0. The molecular formula is C13H21ClN2O. The predicted molar refractivity (Wildman–Crippen MR) is 73.9 cm³/mol. The molecule has 0 aliphatic heterocycles. The third-order valence-corrected chi connectivity index (χ3v) is 3.01. The van der Waals surface area contributed by atoms with E-state index in [-0.39, 0.29) is 0 Å². The number of hydrogen-bond donors (Lipinski definition) is 1. The summed E-state index contributed by atoms with van der Waals surface area (Å²) in [5, 5.41) is 4.11. The van der Waals surface area contributed by atoms with E-state index in [1.807, 2.05) is 24.3 Å². The summed E-state index contributed by atoms with van der Waals surface area (Å²) in [5.74, 6) is 0. The molecular weight excluding hydrogens is 236 g/mol. The first-order valence-corrected chi connectivity index (χ1v) is 6.20. The average molecular weight is 257 g/mol. The van der Waals surface area contributed by atoms with Crippen LogP contribution in [-0.2, 0) is 4.74 Å². The monoisotopic (exact) mass is 256 g/mol. The van der Waals surface area contributed by atoms with E-state index in [1.54, 1.807) is 7.11 Å². The van der Waals surface area contributed by atoms with Gasteiger partial charge in [0.1, 0.15) is 0 Å². The number of methoxy groups -OCH3 is 1. The molecule has 0 bridgehead atoms. The Morgan fingerprint density at radius 1 is 1.47 bits per heavy atom. The van der Waals surface area contributed by atoms with Crippen LogP contribution < -0.4 is 5.32 Å². The lowest BCUT2D eigenvalue weighted by Crippen LogP contribution is -2.36. The molecule has 0 saturated heterocycles. The first kappa shape index (κ1) is 14.3. The van der Waals surface area contributed by atoms with Crippen molar-refractivity contribution in [2.24, 2.45) is 0 Å². The summed E-state index contributed by atoms with van der Waals surface area (Å²) in [6, 6.07) is 8.20. The van der Waals surface area contributed by atoms with Gasteiger partial charge in [-0.2, -0.15) is 0 Å². The fourth-order valence-electron chi connectivity index (χ4n) is 1.56. The SMILES string of the molecule is COCC(C)N(C)CCNc1cccc(Cl)c1. The smallest absolute Gasteiger partial charge is 0.0615 e. The number of rotatable bonds is 7. The van der Waals surface area contributed by atoms with E-state index in [0.29, 0.717) is 6.04 Å². The summed E-state index contributed by atoms with van der Waals surface area (Å²) in [5.41, 5.74) is 1.06. The van der Waals surface area contributed by atoms with Crippen LogP contribution in [0, 0.1) is 0 Å². The predicted octanol–water partition coefficient (Wildman–Crippen LogP) is 2.72. The number of benzene rings is 1. The number of likely N-dealkylation sites (N-methyl/N-ethyl adjacent to an activating group) is 1. The molecule has 0 fully saturated rings. The number of ether oxygens (including phenoxy) is 1. The van der Waals surface area contributed by atoms with Gasteiger partial charge in [0.05, 0.1) is 6.61 Å². The Hall–Kier alpha value is -0.770. The molecule has 3 nitrogen and oxygen atoms in total. The van der Waals surface area contributed by atoms with Crippen LogP contribution in [0.3, 0.4) is 0 Å². The molecule has 0 radical (unpaired) electrons. The van der Waals surface area contributed by atoms with Crippen molar-refractivity contribution in [1.82, 2.24) is 4.90 Å². The van der Waals surface area contributed by atoms with Gasteiger partial charge in [0.25, 0.3) is 0 Å². The van der Waals surface area contributed by atoms with Crippen molar-refractivity contribution >= 4 is 17.3 Å². The molecule has 1 aromatic rings. The summed E-state index contributed by atoms with van der Waals surface area (Å²) in [6.45, 7) is 4.78. The van der Waals surface area contributed by atoms with Crippen molar-refractivity contribution in [3.8, 4) is 0 Å². The molecule has 0 amide bonds. The molecule has 4 heteroatoms. The number of nitrogens with zero attached hydrogens (tertiary/aromatic N) is 1. The minimum Gasteiger partial charge on any atom is -0.384 e. The van der Waals surface area contributed by atoms with Gasteiger partial charge in [-0.05, 0) is 32.2 Å². The highest BCUT2D eigenvalue weighted by molar-refractivity contribution is 6.30. The van der Waals surface area contributed by atoms with E-state index in [9.17, 15) is 0 Å². The standard InChI is InChI=1S/C13H21ClN2O/c1-11(10-17-3)16(2)8-7-15-13-6-4-5-12(14)9-13/h4-6,9,11,15H,7-8,10H2,1-3H3. The first-order chi connectivity index (χ1) is 8.13. The number of halogens is 1. The Balaban J connectivity index is 2.28. The average Bonchev–Trinajstić information content (AvgIpc) is 2.29. The van der Waals surface area contributed by atoms with Gasteiger partial charge in [0.2, 0.25) is 0 Å². The van der Waals surface area contributed by atoms with E-state index in [4.69, 9.17) is 16.3 Å². The van der Waals surface area contributed by atoms with Crippen LogP contribution in [0.15, 0.2) is 24.3 Å². The number of hydrogen-bond acceptors (Lipinski definition) is 3. The van der Waals surface area contributed by atoms with Crippen molar-refractivity contribution in [3.63, 3.8) is 0 Å². The molecule has 96 valence electrons. The molecule has 0 saturated carbocycles. The maximum atomic E-state index is 5.91. The molecule has 0 heterocycles. The molecule has 1 aromatic carbocycles. The maximum absolute atomic E-state index is 5.91. The van der Waals surface area contributed by atoms with Crippen LogP contribution in [0.4, 0.5) is 5.69 Å². The molecule has 1 unspecified atom stereocenters. The number of anilines is 1. The summed E-state index contributed by atoms with van der Waals surface area (Å²) >= 11 is 5.91. The lowest BCUT2D eigenvalue weighted by molar-refractivity contribution is 0.118. The molecule has 1 atom stereocenters. The quantitative estimate of drug-likeness (QED) is 0.812. The van der Waals surface area contributed by atoms with Crippen molar-refractivity contribution in [1.29, 1.82) is 0 Å². The van der Waals surface area contributed by atoms with Crippen LogP contribution in [0.25, 0.3) is 0 Å². The van der Waals surface area contributed by atoms with Gasteiger partial charge in [-0.15, -0.1) is 0 Å². The third kappa shape index (κ3) is 5.39. The Morgan fingerprint density at radius 2 is 2.24 bits per heavy atom. The highest BCUT2D eigenvalue weighted by Gasteiger charge is 2.07. The first-order valence-electron chi connectivity index (χ1n) is 5.82. The van der Waals surface area contributed by atoms with Crippen LogP contribution in [0.5, 0.6) is 0 Å². The summed E-state index contributed by atoms with van der Waals surface area (Å²) in [7, 11) is 3.83. The fourth-order valence-corrected chi connectivity index (χ4v) is 1.75. The van der Waals surface area contributed by atoms with Gasteiger partial charge < -0.3 is 10.1 Å². The number of nitrogens with one attached hydrogen (secondary N) is 1. The molecule has 0 spiro atoms. The van der Waals surface area contributed by atoms with Crippen LogP contribution in [0.1, 0.15) is 6.92 Å². The van der Waals surface area contributed by atoms with Gasteiger partial charge in [-0.3, -0.25) is 4.90 Å². The van der Waals surface area contributed by atoms with Crippen molar-refractivity contribution in [2.45, 2.75) is 13.0 Å². The van der Waals surface area contributed by atoms with Crippen LogP contribution >= 0.6 is 11.6 Å². The Labute approximate surface area is 109 Å². The second-order valence-electron chi connectivity index (χ2n) is 4.22. The minimum absolute atomic E-state index is 0.432. The van der Waals surface area contributed by atoms with Crippen LogP contribution in [-0.4, -0.2) is 44.8 Å². The Bertz CT molecular complexity index is 333. The van der Waals surface area contributed by atoms with Gasteiger partial charge in [0.15, 0.2) is 0 Å². The van der Waals surface area contributed by atoms with E-state index in [2.05, 4.69) is 24.2 Å². The van der Waals surface area contributed by atoms with E-state index in [0.717, 1.165) is 30.4 Å². The minimum atomic E-state index is 0.432. The van der Waals surface area contributed by atoms with Crippen molar-refractivity contribution < 1.29 is 4.74 Å². The summed E-state index contributed by atoms with van der Waals surface area (Å²) < 4.78 is 5.13. The van der Waals surface area contributed by atoms with E-state index < -0.39 is 0 Å². The van der Waals surface area contributed by atoms with E-state index in [1.165, 1.54) is 0 Å².